The van der Waals surface area contributed by atoms with Crippen LogP contribution in [0.3, 0.4) is 0 Å². The topological polar surface area (TPSA) is 45.1 Å². The SMILES string of the molecule is COc1ccc([C@H]2CC(c3ccc4ccccc4c3)=NN2C(=O)CN2CCc3ccccc32)cc1. The molecule has 0 bridgehead atoms. The van der Waals surface area contributed by atoms with Crippen LogP contribution in [-0.4, -0.2) is 36.8 Å². The Balaban J connectivity index is 1.32. The minimum atomic E-state index is -0.146. The second-order valence-electron chi connectivity index (χ2n) is 9.14. The number of carbonyl (C=O) groups excluding carboxylic acids is 1. The Morgan fingerprint density at radius 3 is 2.54 bits per heavy atom. The molecule has 1 atom stereocenters. The van der Waals surface area contributed by atoms with E-state index in [9.17, 15) is 4.79 Å². The smallest absolute Gasteiger partial charge is 0.262 e. The standard InChI is InChI=1S/C30H27N3O2/c1-35-26-14-12-23(13-15-26)29-19-27(25-11-10-21-6-2-3-8-24(21)18-25)31-33(29)30(34)20-32-17-16-22-7-4-5-9-28(22)32/h2-15,18,29H,16-17,19-20H2,1H3/t29-/m1/s1. The van der Waals surface area contributed by atoms with Gasteiger partial charge in [-0.2, -0.15) is 5.10 Å². The molecule has 0 unspecified atom stereocenters. The van der Waals surface area contributed by atoms with E-state index in [1.807, 2.05) is 42.5 Å². The summed E-state index contributed by atoms with van der Waals surface area (Å²) in [6, 6.07) is 30.9. The molecule has 5 heteroatoms. The van der Waals surface area contributed by atoms with Crippen LogP contribution in [0.1, 0.15) is 29.2 Å². The third-order valence-electron chi connectivity index (χ3n) is 7.06. The highest BCUT2D eigenvalue weighted by Gasteiger charge is 2.34. The van der Waals surface area contributed by atoms with Gasteiger partial charge >= 0.3 is 0 Å². The number of carbonyl (C=O) groups is 1. The summed E-state index contributed by atoms with van der Waals surface area (Å²) in [7, 11) is 1.66. The molecule has 0 N–H and O–H groups in total. The number of benzene rings is 4. The molecule has 4 aromatic rings. The van der Waals surface area contributed by atoms with Crippen molar-refractivity contribution in [3.05, 3.63) is 108 Å². The number of amides is 1. The van der Waals surface area contributed by atoms with E-state index in [1.54, 1.807) is 12.1 Å². The fourth-order valence-electron chi connectivity index (χ4n) is 5.18. The predicted molar refractivity (Wildman–Crippen MR) is 140 cm³/mol. The molecule has 5 nitrogen and oxygen atoms in total. The number of ether oxygens (including phenoxy) is 1. The van der Waals surface area contributed by atoms with E-state index in [2.05, 4.69) is 53.4 Å². The van der Waals surface area contributed by atoms with Gasteiger partial charge in [-0.05, 0) is 58.1 Å². The molecule has 0 saturated carbocycles. The zero-order valence-electron chi connectivity index (χ0n) is 19.7. The summed E-state index contributed by atoms with van der Waals surface area (Å²) in [4.78, 5) is 15.8. The van der Waals surface area contributed by atoms with Crippen LogP contribution in [0.25, 0.3) is 10.8 Å². The predicted octanol–water partition coefficient (Wildman–Crippen LogP) is 5.59. The number of anilines is 1. The van der Waals surface area contributed by atoms with Gasteiger partial charge in [0.05, 0.1) is 25.4 Å². The molecule has 2 aliphatic heterocycles. The van der Waals surface area contributed by atoms with Crippen LogP contribution in [0.5, 0.6) is 5.75 Å². The van der Waals surface area contributed by atoms with Gasteiger partial charge in [-0.15, -0.1) is 0 Å². The number of hydrogen-bond donors (Lipinski definition) is 0. The van der Waals surface area contributed by atoms with Gasteiger partial charge in [-0.1, -0.05) is 66.7 Å². The Morgan fingerprint density at radius 2 is 1.71 bits per heavy atom. The van der Waals surface area contributed by atoms with Gasteiger partial charge in [0.25, 0.3) is 5.91 Å². The van der Waals surface area contributed by atoms with E-state index in [-0.39, 0.29) is 11.9 Å². The third kappa shape index (κ3) is 4.03. The van der Waals surface area contributed by atoms with Crippen LogP contribution in [0.15, 0.2) is 96.1 Å². The molecule has 0 aliphatic carbocycles. The summed E-state index contributed by atoms with van der Waals surface area (Å²) in [6.45, 7) is 1.17. The van der Waals surface area contributed by atoms with Crippen molar-refractivity contribution < 1.29 is 9.53 Å². The lowest BCUT2D eigenvalue weighted by Gasteiger charge is -2.26. The molecule has 0 aromatic heterocycles. The third-order valence-corrected chi connectivity index (χ3v) is 7.06. The molecule has 174 valence electrons. The minimum absolute atomic E-state index is 0.0123. The average molecular weight is 462 g/mol. The number of hydrazone groups is 1. The number of nitrogens with zero attached hydrogens (tertiary/aromatic N) is 3. The van der Waals surface area contributed by atoms with Gasteiger partial charge < -0.3 is 9.64 Å². The molecule has 2 aliphatic rings. The van der Waals surface area contributed by atoms with Crippen LogP contribution in [0.2, 0.25) is 0 Å². The van der Waals surface area contributed by atoms with E-state index < -0.39 is 0 Å². The van der Waals surface area contributed by atoms with Gasteiger partial charge in [0.1, 0.15) is 5.75 Å². The maximum absolute atomic E-state index is 13.7. The molecule has 0 fully saturated rings. The fraction of sp³-hybridized carbons (Fsp3) is 0.200. The lowest BCUT2D eigenvalue weighted by Crippen LogP contribution is -2.37. The number of para-hydroxylation sites is 1. The lowest BCUT2D eigenvalue weighted by atomic mass is 9.97. The van der Waals surface area contributed by atoms with Crippen LogP contribution < -0.4 is 9.64 Å². The summed E-state index contributed by atoms with van der Waals surface area (Å²) in [5.41, 5.74) is 5.50. The van der Waals surface area contributed by atoms with Crippen LogP contribution in [0.4, 0.5) is 5.69 Å². The summed E-state index contributed by atoms with van der Waals surface area (Å²) < 4.78 is 5.34. The Bertz CT molecular complexity index is 1430. The lowest BCUT2D eigenvalue weighted by molar-refractivity contribution is -0.131. The average Bonchev–Trinajstić information content (AvgIpc) is 3.54. The number of hydrogen-bond acceptors (Lipinski definition) is 4. The van der Waals surface area contributed by atoms with Crippen LogP contribution in [-0.2, 0) is 11.2 Å². The maximum Gasteiger partial charge on any atom is 0.262 e. The van der Waals surface area contributed by atoms with Gasteiger partial charge in [-0.25, -0.2) is 5.01 Å². The van der Waals surface area contributed by atoms with Crippen LogP contribution >= 0.6 is 0 Å². The summed E-state index contributed by atoms with van der Waals surface area (Å²) in [5.74, 6) is 0.812. The van der Waals surface area contributed by atoms with Gasteiger partial charge in [-0.3, -0.25) is 4.79 Å². The monoisotopic (exact) mass is 461 g/mol. The van der Waals surface area contributed by atoms with E-state index in [0.29, 0.717) is 13.0 Å². The zero-order chi connectivity index (χ0) is 23.8. The van der Waals surface area contributed by atoms with Gasteiger partial charge in [0, 0.05) is 18.7 Å². The molecular formula is C30H27N3O2. The first kappa shape index (κ1) is 21.4. The Kier molecular flexibility index (Phi) is 5.45. The Hall–Kier alpha value is -4.12. The van der Waals surface area contributed by atoms with Crippen molar-refractivity contribution in [3.63, 3.8) is 0 Å². The van der Waals surface area contributed by atoms with Gasteiger partial charge in [0.2, 0.25) is 0 Å². The molecule has 4 aromatic carbocycles. The summed E-state index contributed by atoms with van der Waals surface area (Å²) >= 11 is 0. The van der Waals surface area contributed by atoms with Crippen LogP contribution in [0, 0.1) is 0 Å². The van der Waals surface area contributed by atoms with Crippen molar-refractivity contribution >= 4 is 28.1 Å². The Labute approximate surface area is 205 Å². The summed E-state index contributed by atoms with van der Waals surface area (Å²) in [6.07, 6.45) is 1.64. The number of methoxy groups -OCH3 is 1. The highest BCUT2D eigenvalue weighted by atomic mass is 16.5. The molecule has 0 saturated heterocycles. The molecule has 2 heterocycles. The largest absolute Gasteiger partial charge is 0.497 e. The molecule has 35 heavy (non-hydrogen) atoms. The molecule has 0 spiro atoms. The van der Waals surface area contributed by atoms with Crippen molar-refractivity contribution in [3.8, 4) is 5.75 Å². The Morgan fingerprint density at radius 1 is 0.943 bits per heavy atom. The molecule has 0 radical (unpaired) electrons. The fourth-order valence-corrected chi connectivity index (χ4v) is 5.18. The van der Waals surface area contributed by atoms with E-state index in [4.69, 9.17) is 9.84 Å². The second-order valence-corrected chi connectivity index (χ2v) is 9.14. The molecule has 1 amide bonds. The number of fused-ring (bicyclic) bond motifs is 2. The van der Waals surface area contributed by atoms with Crippen molar-refractivity contribution in [2.24, 2.45) is 5.10 Å². The molecule has 6 rings (SSSR count). The second kappa shape index (κ2) is 8.91. The van der Waals surface area contributed by atoms with Gasteiger partial charge in [0.15, 0.2) is 0 Å². The summed E-state index contributed by atoms with van der Waals surface area (Å²) in [5, 5.41) is 8.98. The first-order valence-electron chi connectivity index (χ1n) is 12.0. The number of rotatable bonds is 5. The van der Waals surface area contributed by atoms with Crippen molar-refractivity contribution in [2.45, 2.75) is 18.9 Å². The first-order valence-corrected chi connectivity index (χ1v) is 12.0. The highest BCUT2D eigenvalue weighted by molar-refractivity contribution is 6.05. The normalized spacial score (nSPS) is 16.9. The quantitative estimate of drug-likeness (QED) is 0.389. The van der Waals surface area contributed by atoms with E-state index in [0.717, 1.165) is 41.2 Å². The maximum atomic E-state index is 13.7. The van der Waals surface area contributed by atoms with Crippen molar-refractivity contribution in [1.82, 2.24) is 5.01 Å². The molecular weight excluding hydrogens is 434 g/mol. The minimum Gasteiger partial charge on any atom is -0.497 e. The zero-order valence-corrected chi connectivity index (χ0v) is 19.7. The van der Waals surface area contributed by atoms with Crippen molar-refractivity contribution in [2.75, 3.05) is 25.1 Å². The van der Waals surface area contributed by atoms with Crippen molar-refractivity contribution in [1.29, 1.82) is 0 Å². The highest BCUT2D eigenvalue weighted by Crippen LogP contribution is 2.35. The van der Waals surface area contributed by atoms with E-state index >= 15 is 0 Å². The first-order chi connectivity index (χ1) is 17.2. The van der Waals surface area contributed by atoms with E-state index in [1.165, 1.54) is 16.3 Å².